The highest BCUT2D eigenvalue weighted by Gasteiger charge is 2.24. The number of nitrogen functional groups attached to an aromatic ring is 1. The maximum atomic E-state index is 13.7. The van der Waals surface area contributed by atoms with Crippen LogP contribution >= 0.6 is 0 Å². The number of unbranched alkanes of at least 4 members (excludes halogenated alkanes) is 2. The molecule has 3 aromatic rings. The van der Waals surface area contributed by atoms with Gasteiger partial charge in [0.15, 0.2) is 0 Å². The Labute approximate surface area is 208 Å². The Morgan fingerprint density at radius 1 is 0.972 bits per heavy atom. The molecule has 0 aromatic heterocycles. The first-order chi connectivity index (χ1) is 17.4. The molecule has 0 radical (unpaired) electrons. The number of nitrogens with two attached hydrogens (primary N) is 1. The lowest BCUT2D eigenvalue weighted by Crippen LogP contribution is -2.24. The molecule has 0 spiro atoms. The van der Waals surface area contributed by atoms with Crippen molar-refractivity contribution < 1.29 is 18.8 Å². The van der Waals surface area contributed by atoms with Gasteiger partial charge in [0.25, 0.3) is 11.8 Å². The van der Waals surface area contributed by atoms with Gasteiger partial charge < -0.3 is 21.7 Å². The lowest BCUT2D eigenvalue weighted by molar-refractivity contribution is -0.116. The molecule has 0 aliphatic carbocycles. The molecule has 1 aliphatic heterocycles. The van der Waals surface area contributed by atoms with Crippen molar-refractivity contribution >= 4 is 46.4 Å². The lowest BCUT2D eigenvalue weighted by atomic mass is 10.0. The SMILES string of the molecule is Nc1ccccc1NC(=O)CCCCCNC(=O)c1cccc(C=C2C(=O)Nc3ccc(F)cc32)c1. The number of fused-ring (bicyclic) bond motifs is 1. The van der Waals surface area contributed by atoms with Crippen molar-refractivity contribution in [3.63, 3.8) is 0 Å². The molecule has 7 nitrogen and oxygen atoms in total. The zero-order valence-corrected chi connectivity index (χ0v) is 19.6. The second-order valence-electron chi connectivity index (χ2n) is 8.53. The summed E-state index contributed by atoms with van der Waals surface area (Å²) in [5.41, 5.74) is 9.49. The van der Waals surface area contributed by atoms with Gasteiger partial charge >= 0.3 is 0 Å². The van der Waals surface area contributed by atoms with E-state index in [1.165, 1.54) is 18.2 Å². The smallest absolute Gasteiger partial charge is 0.256 e. The van der Waals surface area contributed by atoms with E-state index in [4.69, 9.17) is 5.73 Å². The van der Waals surface area contributed by atoms with Crippen molar-refractivity contribution in [2.45, 2.75) is 25.7 Å². The van der Waals surface area contributed by atoms with Crippen LogP contribution in [0.25, 0.3) is 11.6 Å². The number of anilines is 3. The molecule has 4 rings (SSSR count). The number of halogens is 1. The van der Waals surface area contributed by atoms with Crippen LogP contribution in [-0.4, -0.2) is 24.3 Å². The average Bonchev–Trinajstić information content (AvgIpc) is 3.17. The van der Waals surface area contributed by atoms with E-state index < -0.39 is 5.82 Å². The van der Waals surface area contributed by atoms with Crippen LogP contribution in [0.5, 0.6) is 0 Å². The van der Waals surface area contributed by atoms with Crippen molar-refractivity contribution in [1.82, 2.24) is 5.32 Å². The Kier molecular flexibility index (Phi) is 7.75. The van der Waals surface area contributed by atoms with Crippen molar-refractivity contribution in [1.29, 1.82) is 0 Å². The van der Waals surface area contributed by atoms with Gasteiger partial charge in [-0.1, -0.05) is 30.7 Å². The van der Waals surface area contributed by atoms with Crippen molar-refractivity contribution in [2.24, 2.45) is 0 Å². The van der Waals surface area contributed by atoms with Crippen molar-refractivity contribution in [3.05, 3.63) is 89.2 Å². The number of hydrogen-bond donors (Lipinski definition) is 4. The molecule has 8 heteroatoms. The standard InChI is InChI=1S/C28H27FN4O3/c29-20-12-13-24-21(17-20)22(28(36)33-24)16-18-7-6-8-19(15-18)27(35)31-14-5-1-2-11-26(34)32-25-10-4-3-9-23(25)30/h3-4,6-10,12-13,15-17H,1-2,5,11,14,30H2,(H,31,35)(H,32,34)(H,33,36). The molecule has 36 heavy (non-hydrogen) atoms. The lowest BCUT2D eigenvalue weighted by Gasteiger charge is -2.08. The average molecular weight is 487 g/mol. The first-order valence-corrected chi connectivity index (χ1v) is 11.8. The summed E-state index contributed by atoms with van der Waals surface area (Å²) in [5, 5.41) is 8.40. The number of amides is 3. The quantitative estimate of drug-likeness (QED) is 0.197. The number of carbonyl (C=O) groups excluding carboxylic acids is 3. The van der Waals surface area contributed by atoms with Crippen LogP contribution in [0.1, 0.15) is 47.2 Å². The summed E-state index contributed by atoms with van der Waals surface area (Å²) in [4.78, 5) is 37.0. The Morgan fingerprint density at radius 2 is 1.81 bits per heavy atom. The van der Waals surface area contributed by atoms with Crippen LogP contribution < -0.4 is 21.7 Å². The molecule has 0 saturated heterocycles. The van der Waals surface area contributed by atoms with Crippen LogP contribution in [0.15, 0.2) is 66.7 Å². The zero-order valence-electron chi connectivity index (χ0n) is 19.6. The minimum atomic E-state index is -0.425. The van der Waals surface area contributed by atoms with Crippen LogP contribution in [0.2, 0.25) is 0 Å². The number of nitrogens with one attached hydrogen (secondary N) is 3. The third-order valence-electron chi connectivity index (χ3n) is 5.83. The maximum absolute atomic E-state index is 13.7. The predicted molar refractivity (Wildman–Crippen MR) is 140 cm³/mol. The highest BCUT2D eigenvalue weighted by Crippen LogP contribution is 2.33. The molecule has 1 aliphatic rings. The Hall–Kier alpha value is -4.46. The van der Waals surface area contributed by atoms with Gasteiger partial charge in [-0.05, 0) is 66.9 Å². The van der Waals surface area contributed by atoms with Crippen molar-refractivity contribution in [2.75, 3.05) is 22.9 Å². The van der Waals surface area contributed by atoms with Crippen LogP contribution in [0.4, 0.5) is 21.5 Å². The molecule has 0 fully saturated rings. The van der Waals surface area contributed by atoms with Gasteiger partial charge in [-0.25, -0.2) is 4.39 Å². The zero-order chi connectivity index (χ0) is 25.5. The molecular formula is C28H27FN4O3. The minimum absolute atomic E-state index is 0.0934. The Balaban J connectivity index is 1.24. The first-order valence-electron chi connectivity index (χ1n) is 11.8. The number of rotatable bonds is 9. The molecule has 0 atom stereocenters. The summed E-state index contributed by atoms with van der Waals surface area (Å²) in [6.07, 6.45) is 4.24. The van der Waals surface area contributed by atoms with E-state index in [9.17, 15) is 18.8 Å². The summed E-state index contributed by atoms with van der Waals surface area (Å²) in [6.45, 7) is 0.479. The predicted octanol–water partition coefficient (Wildman–Crippen LogP) is 4.83. The third-order valence-corrected chi connectivity index (χ3v) is 5.83. The van der Waals surface area contributed by atoms with E-state index in [1.54, 1.807) is 42.5 Å². The molecule has 0 unspecified atom stereocenters. The first kappa shape index (κ1) is 24.7. The number of carbonyl (C=O) groups is 3. The van der Waals surface area contributed by atoms with Crippen LogP contribution in [0, 0.1) is 5.82 Å². The fourth-order valence-corrected chi connectivity index (χ4v) is 3.95. The summed E-state index contributed by atoms with van der Waals surface area (Å²) in [7, 11) is 0. The molecule has 0 bridgehead atoms. The van der Waals surface area contributed by atoms with Gasteiger partial charge in [0, 0.05) is 35.4 Å². The van der Waals surface area contributed by atoms with Gasteiger partial charge in [-0.15, -0.1) is 0 Å². The summed E-state index contributed by atoms with van der Waals surface area (Å²) < 4.78 is 13.7. The van der Waals surface area contributed by atoms with Gasteiger partial charge in [0.2, 0.25) is 5.91 Å². The largest absolute Gasteiger partial charge is 0.397 e. The van der Waals surface area contributed by atoms with Gasteiger partial charge in [-0.3, -0.25) is 14.4 Å². The van der Waals surface area contributed by atoms with Gasteiger partial charge in [0.05, 0.1) is 11.4 Å². The number of benzene rings is 3. The second kappa shape index (κ2) is 11.3. The van der Waals surface area contributed by atoms with E-state index in [-0.39, 0.29) is 17.7 Å². The highest BCUT2D eigenvalue weighted by atomic mass is 19.1. The maximum Gasteiger partial charge on any atom is 0.256 e. The van der Waals surface area contributed by atoms with Gasteiger partial charge in [0.1, 0.15) is 5.82 Å². The monoisotopic (exact) mass is 486 g/mol. The van der Waals surface area contributed by atoms with E-state index in [0.717, 1.165) is 12.8 Å². The summed E-state index contributed by atoms with van der Waals surface area (Å²) in [5.74, 6) is -1.06. The molecule has 3 amide bonds. The fraction of sp³-hybridized carbons (Fsp3) is 0.179. The van der Waals surface area contributed by atoms with Crippen LogP contribution in [-0.2, 0) is 9.59 Å². The Bertz CT molecular complexity index is 1340. The van der Waals surface area contributed by atoms with E-state index in [2.05, 4.69) is 16.0 Å². The van der Waals surface area contributed by atoms with Crippen molar-refractivity contribution in [3.8, 4) is 0 Å². The molecule has 1 heterocycles. The van der Waals surface area contributed by atoms with Crippen LogP contribution in [0.3, 0.4) is 0 Å². The third kappa shape index (κ3) is 6.15. The topological polar surface area (TPSA) is 113 Å². The molecule has 0 saturated carbocycles. The molecule has 3 aromatic carbocycles. The second-order valence-corrected chi connectivity index (χ2v) is 8.53. The van der Waals surface area contributed by atoms with E-state index in [0.29, 0.717) is 58.7 Å². The van der Waals surface area contributed by atoms with E-state index in [1.807, 2.05) is 12.1 Å². The molecular weight excluding hydrogens is 459 g/mol. The summed E-state index contributed by atoms with van der Waals surface area (Å²) >= 11 is 0. The summed E-state index contributed by atoms with van der Waals surface area (Å²) in [6, 6.07) is 18.1. The fourth-order valence-electron chi connectivity index (χ4n) is 3.95. The molecule has 5 N–H and O–H groups in total. The molecule has 184 valence electrons. The van der Waals surface area contributed by atoms with E-state index >= 15 is 0 Å². The normalized spacial score (nSPS) is 13.2. The number of para-hydroxylation sites is 2. The highest BCUT2D eigenvalue weighted by molar-refractivity contribution is 6.34. The van der Waals surface area contributed by atoms with Gasteiger partial charge in [-0.2, -0.15) is 0 Å². The Morgan fingerprint density at radius 3 is 2.64 bits per heavy atom. The number of hydrogen-bond acceptors (Lipinski definition) is 4. The minimum Gasteiger partial charge on any atom is -0.397 e.